The largest absolute Gasteiger partial charge is 0.395 e. The minimum atomic E-state index is -4.33. The summed E-state index contributed by atoms with van der Waals surface area (Å²) < 4.78 is 35.1. The summed E-state index contributed by atoms with van der Waals surface area (Å²) in [7, 11) is 1.54. The quantitative estimate of drug-likeness (QED) is 0.669. The molecule has 0 aliphatic heterocycles. The maximum atomic E-state index is 11.7. The Hall–Kier alpha value is -0.330. The number of hydrogen-bond donors (Lipinski definition) is 2. The fourth-order valence-corrected chi connectivity index (χ4v) is 0.953. The first kappa shape index (κ1) is 12.7. The topological polar surface area (TPSA) is 43.7 Å². The molecule has 0 spiro atoms. The van der Waals surface area contributed by atoms with Crippen LogP contribution in [-0.4, -0.2) is 54.1 Å². The normalized spacial score (nSPS) is 15.0. The van der Waals surface area contributed by atoms with Crippen LogP contribution in [0.15, 0.2) is 0 Å². The monoisotopic (exact) mass is 201 g/mol. The van der Waals surface area contributed by atoms with E-state index in [-0.39, 0.29) is 19.7 Å². The molecular weight excluding hydrogens is 187 g/mol. The van der Waals surface area contributed by atoms with Gasteiger partial charge >= 0.3 is 6.18 Å². The van der Waals surface area contributed by atoms with E-state index < -0.39 is 18.7 Å². The van der Waals surface area contributed by atoms with E-state index in [1.165, 1.54) is 11.9 Å². The Bertz CT molecular complexity index is 140. The molecule has 0 rings (SSSR count). The lowest BCUT2D eigenvalue weighted by Gasteiger charge is -2.20. The van der Waals surface area contributed by atoms with Crippen molar-refractivity contribution in [2.24, 2.45) is 0 Å². The number of alkyl halides is 3. The summed E-state index contributed by atoms with van der Waals surface area (Å²) in [5.74, 6) is 0. The van der Waals surface area contributed by atoms with Gasteiger partial charge in [-0.15, -0.1) is 0 Å². The molecule has 0 heterocycles. The van der Waals surface area contributed by atoms with E-state index in [4.69, 9.17) is 10.2 Å². The Kier molecular flexibility index (Phi) is 5.27. The first-order chi connectivity index (χ1) is 5.85. The molecule has 6 heteroatoms. The van der Waals surface area contributed by atoms with Gasteiger partial charge in [-0.2, -0.15) is 13.2 Å². The smallest absolute Gasteiger partial charge is 0.391 e. The molecule has 0 amide bonds. The van der Waals surface area contributed by atoms with Gasteiger partial charge in [0.1, 0.15) is 0 Å². The predicted molar refractivity (Wildman–Crippen MR) is 41.3 cm³/mol. The number of aliphatic hydroxyl groups excluding tert-OH is 2. The zero-order valence-corrected chi connectivity index (χ0v) is 7.38. The Labute approximate surface area is 74.8 Å². The highest BCUT2D eigenvalue weighted by atomic mass is 19.4. The van der Waals surface area contributed by atoms with Crippen LogP contribution in [0.2, 0.25) is 0 Å². The van der Waals surface area contributed by atoms with E-state index in [1.807, 2.05) is 0 Å². The third-order valence-corrected chi connectivity index (χ3v) is 1.47. The fraction of sp³-hybridized carbons (Fsp3) is 1.00. The summed E-state index contributed by atoms with van der Waals surface area (Å²) >= 11 is 0. The average Bonchev–Trinajstić information content (AvgIpc) is 1.81. The molecule has 0 aromatic carbocycles. The molecule has 0 saturated carbocycles. The second-order valence-corrected chi connectivity index (χ2v) is 2.96. The van der Waals surface area contributed by atoms with Gasteiger partial charge in [0.2, 0.25) is 0 Å². The van der Waals surface area contributed by atoms with E-state index in [9.17, 15) is 13.2 Å². The minimum Gasteiger partial charge on any atom is -0.395 e. The van der Waals surface area contributed by atoms with Gasteiger partial charge in [-0.05, 0) is 7.05 Å². The van der Waals surface area contributed by atoms with Crippen LogP contribution >= 0.6 is 0 Å². The summed E-state index contributed by atoms with van der Waals surface area (Å²) in [6, 6.07) is 0. The van der Waals surface area contributed by atoms with Crippen molar-refractivity contribution in [1.82, 2.24) is 4.90 Å². The van der Waals surface area contributed by atoms with Crippen molar-refractivity contribution >= 4 is 0 Å². The minimum absolute atomic E-state index is 0.0833. The van der Waals surface area contributed by atoms with E-state index in [1.54, 1.807) is 0 Å². The molecule has 1 atom stereocenters. The van der Waals surface area contributed by atoms with Crippen LogP contribution in [0.25, 0.3) is 0 Å². The van der Waals surface area contributed by atoms with Gasteiger partial charge in [-0.3, -0.25) is 0 Å². The van der Waals surface area contributed by atoms with Gasteiger partial charge in [0.25, 0.3) is 0 Å². The number of nitrogens with zero attached hydrogens (tertiary/aromatic N) is 1. The zero-order valence-electron chi connectivity index (χ0n) is 7.38. The molecular formula is C7H14F3NO2. The van der Waals surface area contributed by atoms with Crippen LogP contribution < -0.4 is 0 Å². The molecule has 80 valence electrons. The highest BCUT2D eigenvalue weighted by Crippen LogP contribution is 2.21. The summed E-state index contributed by atoms with van der Waals surface area (Å²) in [5, 5.41) is 17.4. The van der Waals surface area contributed by atoms with Crippen molar-refractivity contribution in [2.45, 2.75) is 18.7 Å². The van der Waals surface area contributed by atoms with Crippen molar-refractivity contribution in [2.75, 3.05) is 26.7 Å². The number of rotatable bonds is 5. The summed E-state index contributed by atoms with van der Waals surface area (Å²) in [6.07, 6.45) is -6.96. The van der Waals surface area contributed by atoms with Crippen molar-refractivity contribution in [3.8, 4) is 0 Å². The second-order valence-electron chi connectivity index (χ2n) is 2.96. The van der Waals surface area contributed by atoms with Crippen molar-refractivity contribution in [1.29, 1.82) is 0 Å². The predicted octanol–water partition coefficient (Wildman–Crippen LogP) is 0.224. The van der Waals surface area contributed by atoms with Crippen molar-refractivity contribution < 1.29 is 23.4 Å². The van der Waals surface area contributed by atoms with Gasteiger partial charge in [-0.1, -0.05) is 0 Å². The molecule has 3 nitrogen and oxygen atoms in total. The summed E-state index contributed by atoms with van der Waals surface area (Å²) in [5.41, 5.74) is 0. The Balaban J connectivity index is 3.67. The van der Waals surface area contributed by atoms with Gasteiger partial charge in [0, 0.05) is 13.1 Å². The molecule has 0 saturated heterocycles. The van der Waals surface area contributed by atoms with Crippen LogP contribution in [0.4, 0.5) is 13.2 Å². The van der Waals surface area contributed by atoms with Crippen LogP contribution in [0, 0.1) is 0 Å². The molecule has 0 aromatic rings. The van der Waals surface area contributed by atoms with Crippen molar-refractivity contribution in [3.05, 3.63) is 0 Å². The maximum Gasteiger partial charge on any atom is 0.391 e. The van der Waals surface area contributed by atoms with Gasteiger partial charge < -0.3 is 15.1 Å². The van der Waals surface area contributed by atoms with E-state index in [0.717, 1.165) is 0 Å². The fourth-order valence-electron chi connectivity index (χ4n) is 0.953. The lowest BCUT2D eigenvalue weighted by atomic mass is 10.2. The average molecular weight is 201 g/mol. The Morgan fingerprint density at radius 2 is 1.92 bits per heavy atom. The molecule has 2 N–H and O–H groups in total. The van der Waals surface area contributed by atoms with Gasteiger partial charge in [-0.25, -0.2) is 0 Å². The molecule has 1 unspecified atom stereocenters. The standard InChI is InChI=1S/C7H14F3NO2/c1-11(2-3-12)5-6(13)4-7(8,9)10/h6,12-13H,2-5H2,1H3. The number of aliphatic hydroxyl groups is 2. The molecule has 0 aliphatic carbocycles. The molecule has 0 bridgehead atoms. The number of hydrogen-bond acceptors (Lipinski definition) is 3. The lowest BCUT2D eigenvalue weighted by Crippen LogP contribution is -2.34. The Morgan fingerprint density at radius 3 is 2.31 bits per heavy atom. The highest BCUT2D eigenvalue weighted by molar-refractivity contribution is 4.65. The molecule has 0 radical (unpaired) electrons. The first-order valence-corrected chi connectivity index (χ1v) is 3.89. The van der Waals surface area contributed by atoms with Crippen LogP contribution in [0.1, 0.15) is 6.42 Å². The lowest BCUT2D eigenvalue weighted by molar-refractivity contribution is -0.154. The Morgan fingerprint density at radius 1 is 1.38 bits per heavy atom. The van der Waals surface area contributed by atoms with Gasteiger partial charge in [0.15, 0.2) is 0 Å². The third kappa shape index (κ3) is 8.01. The van der Waals surface area contributed by atoms with E-state index >= 15 is 0 Å². The van der Waals surface area contributed by atoms with Gasteiger partial charge in [0.05, 0.1) is 19.1 Å². The third-order valence-electron chi connectivity index (χ3n) is 1.47. The summed E-state index contributed by atoms with van der Waals surface area (Å²) in [6.45, 7) is 0.0459. The maximum absolute atomic E-state index is 11.7. The van der Waals surface area contributed by atoms with E-state index in [2.05, 4.69) is 0 Å². The zero-order chi connectivity index (χ0) is 10.5. The van der Waals surface area contributed by atoms with Crippen LogP contribution in [-0.2, 0) is 0 Å². The van der Waals surface area contributed by atoms with E-state index in [0.29, 0.717) is 0 Å². The van der Waals surface area contributed by atoms with Crippen LogP contribution in [0.5, 0.6) is 0 Å². The number of halogens is 3. The first-order valence-electron chi connectivity index (χ1n) is 3.89. The van der Waals surface area contributed by atoms with Crippen molar-refractivity contribution in [3.63, 3.8) is 0 Å². The summed E-state index contributed by atoms with van der Waals surface area (Å²) in [4.78, 5) is 1.44. The molecule has 0 aliphatic rings. The molecule has 0 aromatic heterocycles. The van der Waals surface area contributed by atoms with Crippen LogP contribution in [0.3, 0.4) is 0 Å². The molecule has 13 heavy (non-hydrogen) atoms. The highest BCUT2D eigenvalue weighted by Gasteiger charge is 2.31. The second kappa shape index (κ2) is 5.41. The SMILES string of the molecule is CN(CCO)CC(O)CC(F)(F)F. The number of likely N-dealkylation sites (N-methyl/N-ethyl adjacent to an activating group) is 1. The molecule has 0 fully saturated rings.